The third-order valence-electron chi connectivity index (χ3n) is 4.79. The predicted octanol–water partition coefficient (Wildman–Crippen LogP) is 2.44. The van der Waals surface area contributed by atoms with Crippen LogP contribution in [0.4, 0.5) is 11.5 Å². The third kappa shape index (κ3) is 5.07. The molecule has 7 nitrogen and oxygen atoms in total. The van der Waals surface area contributed by atoms with E-state index in [2.05, 4.69) is 27.1 Å². The zero-order chi connectivity index (χ0) is 20.1. The molecule has 148 valence electrons. The van der Waals surface area contributed by atoms with E-state index < -0.39 is 6.10 Å². The first-order chi connectivity index (χ1) is 13.4. The number of nitrogens with one attached hydrogen (secondary N) is 1. The molecule has 1 aliphatic rings. The number of likely N-dealkylation sites (N-methyl/N-ethyl adjacent to an activating group) is 1. The molecule has 1 amide bonds. The second-order valence-electron chi connectivity index (χ2n) is 7.03. The van der Waals surface area contributed by atoms with Crippen LogP contribution in [-0.4, -0.2) is 60.9 Å². The summed E-state index contributed by atoms with van der Waals surface area (Å²) in [7, 11) is 2.12. The summed E-state index contributed by atoms with van der Waals surface area (Å²) in [6.45, 7) is 7.12. The molecule has 1 atom stereocenters. The van der Waals surface area contributed by atoms with E-state index in [1.807, 2.05) is 12.1 Å². The summed E-state index contributed by atoms with van der Waals surface area (Å²) < 4.78 is 5.66. The summed E-state index contributed by atoms with van der Waals surface area (Å²) in [6.07, 6.45) is 0.986. The first-order valence-electron chi connectivity index (χ1n) is 9.40. The van der Waals surface area contributed by atoms with Crippen molar-refractivity contribution in [3.63, 3.8) is 0 Å². The van der Waals surface area contributed by atoms with Crippen LogP contribution in [0.5, 0.6) is 5.75 Å². The topological polar surface area (TPSA) is 74.8 Å². The van der Waals surface area contributed by atoms with Crippen molar-refractivity contribution in [2.75, 3.05) is 43.4 Å². The van der Waals surface area contributed by atoms with Crippen molar-refractivity contribution in [3.8, 4) is 5.75 Å². The Labute approximate surface area is 165 Å². The fourth-order valence-electron chi connectivity index (χ4n) is 2.95. The summed E-state index contributed by atoms with van der Waals surface area (Å²) in [5, 5.41) is 2.82. The first kappa shape index (κ1) is 19.8. The summed E-state index contributed by atoms with van der Waals surface area (Å²) in [4.78, 5) is 32.7. The fourth-order valence-corrected chi connectivity index (χ4v) is 2.95. The van der Waals surface area contributed by atoms with Crippen molar-refractivity contribution in [3.05, 3.63) is 48.2 Å². The maximum absolute atomic E-state index is 12.4. The molecule has 1 N–H and O–H groups in total. The van der Waals surface area contributed by atoms with Crippen molar-refractivity contribution >= 4 is 23.2 Å². The van der Waals surface area contributed by atoms with Crippen molar-refractivity contribution in [2.45, 2.75) is 20.0 Å². The number of ketones is 1. The molecule has 0 aliphatic carbocycles. The van der Waals surface area contributed by atoms with Crippen LogP contribution in [0.25, 0.3) is 0 Å². The Hall–Kier alpha value is -2.93. The number of aromatic nitrogens is 1. The number of anilines is 2. The van der Waals surface area contributed by atoms with Gasteiger partial charge in [0, 0.05) is 31.7 Å². The van der Waals surface area contributed by atoms with E-state index in [1.165, 1.54) is 6.92 Å². The van der Waals surface area contributed by atoms with Gasteiger partial charge in [-0.1, -0.05) is 0 Å². The average molecular weight is 382 g/mol. The Morgan fingerprint density at radius 2 is 1.75 bits per heavy atom. The van der Waals surface area contributed by atoms with Gasteiger partial charge in [0.25, 0.3) is 5.91 Å². The van der Waals surface area contributed by atoms with Crippen LogP contribution < -0.4 is 15.0 Å². The van der Waals surface area contributed by atoms with Crippen LogP contribution >= 0.6 is 0 Å². The predicted molar refractivity (Wildman–Crippen MR) is 109 cm³/mol. The van der Waals surface area contributed by atoms with E-state index in [0.29, 0.717) is 17.0 Å². The number of ether oxygens (including phenoxy) is 1. The first-order valence-corrected chi connectivity index (χ1v) is 9.40. The number of amides is 1. The van der Waals surface area contributed by atoms with Crippen molar-refractivity contribution < 1.29 is 14.3 Å². The maximum atomic E-state index is 12.4. The van der Waals surface area contributed by atoms with E-state index in [4.69, 9.17) is 4.74 Å². The lowest BCUT2D eigenvalue weighted by Crippen LogP contribution is -2.44. The van der Waals surface area contributed by atoms with E-state index in [-0.39, 0.29) is 11.7 Å². The molecule has 1 saturated heterocycles. The molecule has 1 aliphatic heterocycles. The zero-order valence-corrected chi connectivity index (χ0v) is 16.5. The van der Waals surface area contributed by atoms with Crippen molar-refractivity contribution in [1.82, 2.24) is 9.88 Å². The number of hydrogen-bond donors (Lipinski definition) is 1. The highest BCUT2D eigenvalue weighted by molar-refractivity contribution is 5.94. The Bertz CT molecular complexity index is 813. The number of pyridine rings is 1. The Kier molecular flexibility index (Phi) is 6.26. The third-order valence-corrected chi connectivity index (χ3v) is 4.79. The molecule has 1 aromatic heterocycles. The fraction of sp³-hybridized carbons (Fsp3) is 0.381. The van der Waals surface area contributed by atoms with Crippen LogP contribution in [-0.2, 0) is 4.79 Å². The summed E-state index contributed by atoms with van der Waals surface area (Å²) in [5.74, 6) is 1.19. The molecule has 28 heavy (non-hydrogen) atoms. The maximum Gasteiger partial charge on any atom is 0.265 e. The molecule has 1 fully saturated rings. The molecule has 3 rings (SSSR count). The van der Waals surface area contributed by atoms with Gasteiger partial charge in [-0.25, -0.2) is 4.98 Å². The normalized spacial score (nSPS) is 15.8. The number of carbonyl (C=O) groups is 2. The molecule has 0 unspecified atom stereocenters. The lowest BCUT2D eigenvalue weighted by atomic mass is 10.1. The summed E-state index contributed by atoms with van der Waals surface area (Å²) >= 11 is 0. The highest BCUT2D eigenvalue weighted by atomic mass is 16.5. The zero-order valence-electron chi connectivity index (χ0n) is 16.5. The SMILES string of the molecule is CC(=O)c1ccc(O[C@H](C)C(=O)Nc2ccc(N3CCN(C)CC3)nc2)cc1. The summed E-state index contributed by atoms with van der Waals surface area (Å²) in [5.41, 5.74) is 1.24. The van der Waals surface area contributed by atoms with Crippen LogP contribution in [0.2, 0.25) is 0 Å². The van der Waals surface area contributed by atoms with Gasteiger partial charge in [-0.05, 0) is 57.3 Å². The average Bonchev–Trinajstić information content (AvgIpc) is 2.69. The molecule has 1 aromatic carbocycles. The number of nitrogens with zero attached hydrogens (tertiary/aromatic N) is 3. The van der Waals surface area contributed by atoms with E-state index in [9.17, 15) is 9.59 Å². The number of rotatable bonds is 6. The molecule has 0 radical (unpaired) electrons. The quantitative estimate of drug-likeness (QED) is 0.774. The largest absolute Gasteiger partial charge is 0.481 e. The molecule has 0 spiro atoms. The van der Waals surface area contributed by atoms with Gasteiger partial charge in [0.1, 0.15) is 11.6 Å². The highest BCUT2D eigenvalue weighted by Gasteiger charge is 2.17. The van der Waals surface area contributed by atoms with Crippen LogP contribution in [0.15, 0.2) is 42.6 Å². The van der Waals surface area contributed by atoms with Gasteiger partial charge in [0.2, 0.25) is 0 Å². The van der Waals surface area contributed by atoms with Crippen molar-refractivity contribution in [1.29, 1.82) is 0 Å². The Balaban J connectivity index is 1.54. The number of Topliss-reactive ketones (excluding diaryl/α,β-unsaturated/α-hetero) is 1. The molecule has 0 saturated carbocycles. The smallest absolute Gasteiger partial charge is 0.265 e. The number of carbonyl (C=O) groups excluding carboxylic acids is 2. The minimum absolute atomic E-state index is 0.00939. The van der Waals surface area contributed by atoms with Gasteiger partial charge < -0.3 is 19.9 Å². The van der Waals surface area contributed by atoms with Gasteiger partial charge in [-0.3, -0.25) is 9.59 Å². The van der Waals surface area contributed by atoms with Gasteiger partial charge >= 0.3 is 0 Å². The molecule has 0 bridgehead atoms. The second-order valence-corrected chi connectivity index (χ2v) is 7.03. The Morgan fingerprint density at radius 1 is 1.07 bits per heavy atom. The second kappa shape index (κ2) is 8.84. The highest BCUT2D eigenvalue weighted by Crippen LogP contribution is 2.17. The van der Waals surface area contributed by atoms with Crippen LogP contribution in [0, 0.1) is 0 Å². The molecule has 7 heteroatoms. The van der Waals surface area contributed by atoms with E-state index in [0.717, 1.165) is 32.0 Å². The molecular formula is C21H26N4O3. The van der Waals surface area contributed by atoms with Gasteiger partial charge in [0.05, 0.1) is 11.9 Å². The lowest BCUT2D eigenvalue weighted by Gasteiger charge is -2.33. The van der Waals surface area contributed by atoms with Crippen LogP contribution in [0.1, 0.15) is 24.2 Å². The minimum atomic E-state index is -0.680. The molecular weight excluding hydrogens is 356 g/mol. The van der Waals surface area contributed by atoms with Gasteiger partial charge in [-0.2, -0.15) is 0 Å². The minimum Gasteiger partial charge on any atom is -0.481 e. The number of hydrogen-bond acceptors (Lipinski definition) is 6. The Morgan fingerprint density at radius 3 is 2.32 bits per heavy atom. The van der Waals surface area contributed by atoms with Gasteiger partial charge in [0.15, 0.2) is 11.9 Å². The van der Waals surface area contributed by atoms with E-state index >= 15 is 0 Å². The molecule has 2 aromatic rings. The lowest BCUT2D eigenvalue weighted by molar-refractivity contribution is -0.122. The molecule has 2 heterocycles. The van der Waals surface area contributed by atoms with Crippen molar-refractivity contribution in [2.24, 2.45) is 0 Å². The van der Waals surface area contributed by atoms with Gasteiger partial charge in [-0.15, -0.1) is 0 Å². The number of piperazine rings is 1. The van der Waals surface area contributed by atoms with E-state index in [1.54, 1.807) is 37.4 Å². The number of benzene rings is 1. The monoisotopic (exact) mass is 382 g/mol. The summed E-state index contributed by atoms with van der Waals surface area (Å²) in [6, 6.07) is 10.5. The standard InChI is InChI=1S/C21H26N4O3/c1-15(26)17-4-7-19(8-5-17)28-16(2)21(27)23-18-6-9-20(22-14-18)25-12-10-24(3)11-13-25/h4-9,14,16H,10-13H2,1-3H3,(H,23,27)/t16-/m1/s1. The van der Waals surface area contributed by atoms with Crippen LogP contribution in [0.3, 0.4) is 0 Å².